The standard InChI is InChI=1S/C11H9N3S/c1-14-9-5-4-8-7(3-2-6-12-8)10(9)13-11(14)15/h2-6,12H,1H3. The van der Waals surface area contributed by atoms with Gasteiger partial charge in [0.25, 0.3) is 0 Å². The first-order chi connectivity index (χ1) is 7.27. The second kappa shape index (κ2) is 2.90. The summed E-state index contributed by atoms with van der Waals surface area (Å²) in [7, 11) is 1.94. The second-order valence-electron chi connectivity index (χ2n) is 3.52. The Labute approximate surface area is 91.4 Å². The molecule has 3 nitrogen and oxygen atoms in total. The number of fused-ring (bicyclic) bond motifs is 3. The van der Waals surface area contributed by atoms with Crippen molar-refractivity contribution in [2.75, 3.05) is 0 Å². The summed E-state index contributed by atoms with van der Waals surface area (Å²) in [4.78, 5) is 7.59. The average Bonchev–Trinajstić information content (AvgIpc) is 2.56. The number of nitrogens with one attached hydrogen (secondary N) is 1. The molecular formula is C11H9N3S. The summed E-state index contributed by atoms with van der Waals surface area (Å²) in [6.45, 7) is 0. The smallest absolute Gasteiger partial charge is 0.200 e. The number of aromatic amines is 1. The van der Waals surface area contributed by atoms with Crippen molar-refractivity contribution in [1.29, 1.82) is 0 Å². The Kier molecular flexibility index (Phi) is 1.67. The third kappa shape index (κ3) is 1.11. The maximum Gasteiger partial charge on any atom is 0.200 e. The molecule has 0 amide bonds. The van der Waals surface area contributed by atoms with Crippen LogP contribution in [0.25, 0.3) is 21.9 Å². The zero-order chi connectivity index (χ0) is 10.4. The quantitative estimate of drug-likeness (QED) is 0.585. The predicted octanol–water partition coefficient (Wildman–Crippen LogP) is 2.78. The molecule has 2 heterocycles. The van der Waals surface area contributed by atoms with Gasteiger partial charge in [-0.3, -0.25) is 0 Å². The molecule has 74 valence electrons. The maximum absolute atomic E-state index is 5.16. The van der Waals surface area contributed by atoms with Crippen LogP contribution < -0.4 is 0 Å². The van der Waals surface area contributed by atoms with Gasteiger partial charge in [-0.15, -0.1) is 0 Å². The number of hydrogen-bond donors (Lipinski definition) is 1. The Morgan fingerprint density at radius 2 is 2.20 bits per heavy atom. The minimum absolute atomic E-state index is 0.626. The summed E-state index contributed by atoms with van der Waals surface area (Å²) in [6, 6.07) is 8.11. The van der Waals surface area contributed by atoms with Gasteiger partial charge in [0, 0.05) is 24.1 Å². The van der Waals surface area contributed by atoms with Crippen LogP contribution in [0.5, 0.6) is 0 Å². The van der Waals surface area contributed by atoms with Crippen LogP contribution in [0.15, 0.2) is 30.5 Å². The Morgan fingerprint density at radius 1 is 1.33 bits per heavy atom. The second-order valence-corrected chi connectivity index (χ2v) is 3.88. The van der Waals surface area contributed by atoms with E-state index in [2.05, 4.69) is 16.0 Å². The van der Waals surface area contributed by atoms with Gasteiger partial charge in [-0.25, -0.2) is 4.98 Å². The van der Waals surface area contributed by atoms with Crippen molar-refractivity contribution in [3.8, 4) is 0 Å². The van der Waals surface area contributed by atoms with Gasteiger partial charge in [-0.1, -0.05) is 0 Å². The Morgan fingerprint density at radius 3 is 3.07 bits per heavy atom. The predicted molar refractivity (Wildman–Crippen MR) is 63.4 cm³/mol. The van der Waals surface area contributed by atoms with E-state index in [1.54, 1.807) is 0 Å². The van der Waals surface area contributed by atoms with Gasteiger partial charge >= 0.3 is 0 Å². The molecule has 0 aliphatic heterocycles. The minimum Gasteiger partial charge on any atom is -0.361 e. The topological polar surface area (TPSA) is 33.6 Å². The molecule has 3 aromatic rings. The van der Waals surface area contributed by atoms with E-state index in [9.17, 15) is 0 Å². The first-order valence-corrected chi connectivity index (χ1v) is 5.11. The molecule has 0 radical (unpaired) electrons. The molecule has 0 saturated heterocycles. The maximum atomic E-state index is 5.16. The Balaban J connectivity index is 2.66. The molecule has 0 unspecified atom stereocenters. The fraction of sp³-hybridized carbons (Fsp3) is 0.0909. The lowest BCUT2D eigenvalue weighted by molar-refractivity contribution is 0.927. The average molecular weight is 215 g/mol. The van der Waals surface area contributed by atoms with E-state index < -0.39 is 0 Å². The fourth-order valence-electron chi connectivity index (χ4n) is 1.84. The van der Waals surface area contributed by atoms with Gasteiger partial charge in [0.15, 0.2) is 4.77 Å². The van der Waals surface area contributed by atoms with Crippen LogP contribution >= 0.6 is 12.2 Å². The van der Waals surface area contributed by atoms with Crippen molar-refractivity contribution in [3.05, 3.63) is 35.2 Å². The van der Waals surface area contributed by atoms with Crippen LogP contribution in [-0.4, -0.2) is 14.5 Å². The van der Waals surface area contributed by atoms with Crippen LogP contribution in [0.4, 0.5) is 0 Å². The lowest BCUT2D eigenvalue weighted by atomic mass is 10.2. The Hall–Kier alpha value is -1.68. The van der Waals surface area contributed by atoms with Crippen molar-refractivity contribution in [2.45, 2.75) is 0 Å². The van der Waals surface area contributed by atoms with E-state index in [0.29, 0.717) is 4.77 Å². The summed E-state index contributed by atoms with van der Waals surface area (Å²) in [6.07, 6.45) is 1.91. The van der Waals surface area contributed by atoms with Crippen molar-refractivity contribution < 1.29 is 0 Å². The fourth-order valence-corrected chi connectivity index (χ4v) is 2.02. The largest absolute Gasteiger partial charge is 0.361 e. The number of pyridine rings is 1. The molecule has 0 aliphatic rings. The molecule has 0 bridgehead atoms. The molecule has 1 aromatic carbocycles. The van der Waals surface area contributed by atoms with Crippen LogP contribution in [0, 0.1) is 4.77 Å². The molecule has 4 heteroatoms. The monoisotopic (exact) mass is 215 g/mol. The third-order valence-corrected chi connectivity index (χ3v) is 3.01. The highest BCUT2D eigenvalue weighted by molar-refractivity contribution is 7.71. The molecular weight excluding hydrogens is 206 g/mol. The van der Waals surface area contributed by atoms with Gasteiger partial charge in [-0.05, 0) is 36.5 Å². The summed E-state index contributed by atoms with van der Waals surface area (Å²) >= 11 is 5.16. The van der Waals surface area contributed by atoms with E-state index in [0.717, 1.165) is 21.9 Å². The lowest BCUT2D eigenvalue weighted by Gasteiger charge is -1.99. The van der Waals surface area contributed by atoms with Gasteiger partial charge in [0.1, 0.15) is 0 Å². The van der Waals surface area contributed by atoms with E-state index >= 15 is 0 Å². The van der Waals surface area contributed by atoms with Crippen molar-refractivity contribution in [2.24, 2.45) is 7.05 Å². The minimum atomic E-state index is 0.626. The number of benzene rings is 1. The van der Waals surface area contributed by atoms with Crippen LogP contribution in [0.1, 0.15) is 0 Å². The van der Waals surface area contributed by atoms with Gasteiger partial charge in [0.05, 0.1) is 11.0 Å². The van der Waals surface area contributed by atoms with E-state index in [1.807, 2.05) is 36.0 Å². The molecule has 3 rings (SSSR count). The molecule has 0 aliphatic carbocycles. The van der Waals surface area contributed by atoms with Crippen molar-refractivity contribution >= 4 is 34.2 Å². The zero-order valence-electron chi connectivity index (χ0n) is 8.19. The van der Waals surface area contributed by atoms with E-state index in [-0.39, 0.29) is 0 Å². The summed E-state index contributed by atoms with van der Waals surface area (Å²) in [5.41, 5.74) is 3.13. The number of aromatic nitrogens is 3. The van der Waals surface area contributed by atoms with E-state index in [1.165, 1.54) is 0 Å². The lowest BCUT2D eigenvalue weighted by Crippen LogP contribution is -1.86. The molecule has 15 heavy (non-hydrogen) atoms. The first-order valence-electron chi connectivity index (χ1n) is 4.70. The van der Waals surface area contributed by atoms with Crippen LogP contribution in [0.2, 0.25) is 0 Å². The van der Waals surface area contributed by atoms with Crippen molar-refractivity contribution in [3.63, 3.8) is 0 Å². The summed E-state index contributed by atoms with van der Waals surface area (Å²) in [5.74, 6) is 0. The number of aryl methyl sites for hydroxylation is 1. The first kappa shape index (κ1) is 8.61. The number of nitrogens with zero attached hydrogens (tertiary/aromatic N) is 2. The van der Waals surface area contributed by atoms with Gasteiger partial charge < -0.3 is 9.55 Å². The third-order valence-electron chi connectivity index (χ3n) is 2.65. The molecule has 0 spiro atoms. The summed E-state index contributed by atoms with van der Waals surface area (Å²) < 4.78 is 2.55. The molecule has 1 N–H and O–H groups in total. The SMILES string of the molecule is Cn1c(=S)nc2c3ccc[nH]c3ccc21. The normalized spacial score (nSPS) is 11.3. The van der Waals surface area contributed by atoms with Crippen molar-refractivity contribution in [1.82, 2.24) is 14.5 Å². The molecule has 0 saturated carbocycles. The number of hydrogen-bond acceptors (Lipinski definition) is 2. The number of rotatable bonds is 0. The highest BCUT2D eigenvalue weighted by Crippen LogP contribution is 2.22. The molecule has 0 atom stereocenters. The molecule has 2 aromatic heterocycles. The Bertz CT molecular complexity index is 708. The highest BCUT2D eigenvalue weighted by atomic mass is 32.1. The van der Waals surface area contributed by atoms with Gasteiger partial charge in [-0.2, -0.15) is 0 Å². The van der Waals surface area contributed by atoms with E-state index in [4.69, 9.17) is 12.2 Å². The van der Waals surface area contributed by atoms with Gasteiger partial charge in [0.2, 0.25) is 0 Å². The molecule has 0 fully saturated rings. The zero-order valence-corrected chi connectivity index (χ0v) is 9.01. The number of H-pyrrole nitrogens is 1. The van der Waals surface area contributed by atoms with Crippen LogP contribution in [-0.2, 0) is 7.05 Å². The highest BCUT2D eigenvalue weighted by Gasteiger charge is 2.05. The number of imidazole rings is 1. The van der Waals surface area contributed by atoms with Crippen LogP contribution in [0.3, 0.4) is 0 Å². The summed E-state index contributed by atoms with van der Waals surface area (Å²) in [5, 5.41) is 1.11.